The maximum atomic E-state index is 12.7. The Labute approximate surface area is 144 Å². The van der Waals surface area contributed by atoms with Gasteiger partial charge < -0.3 is 4.90 Å². The molecule has 0 atom stereocenters. The summed E-state index contributed by atoms with van der Waals surface area (Å²) in [6.45, 7) is 5.50. The molecular formula is C15H19N9O. The lowest BCUT2D eigenvalue weighted by Gasteiger charge is -2.38. The standard InChI is InChI=1S/C15H19N9O/c1-10-14(11(2)21(3)19-10)15(25)22-8-13(9-22)23-6-12(18-20-23)7-24-16-4-5-17-24/h4-6,13H,7-9H2,1-3H3. The summed E-state index contributed by atoms with van der Waals surface area (Å²) in [6, 6.07) is 0.146. The van der Waals surface area contributed by atoms with E-state index in [-0.39, 0.29) is 11.9 Å². The van der Waals surface area contributed by atoms with E-state index in [1.165, 1.54) is 0 Å². The van der Waals surface area contributed by atoms with E-state index < -0.39 is 0 Å². The Morgan fingerprint density at radius 2 is 1.96 bits per heavy atom. The first-order valence-corrected chi connectivity index (χ1v) is 8.07. The first kappa shape index (κ1) is 15.5. The minimum atomic E-state index is 0.0282. The van der Waals surface area contributed by atoms with Crippen LogP contribution in [0.2, 0.25) is 0 Å². The highest BCUT2D eigenvalue weighted by atomic mass is 16.2. The predicted octanol–water partition coefficient (Wildman–Crippen LogP) is -0.0347. The number of carbonyl (C=O) groups is 1. The highest BCUT2D eigenvalue weighted by molar-refractivity contribution is 5.96. The highest BCUT2D eigenvalue weighted by Gasteiger charge is 2.35. The minimum Gasteiger partial charge on any atom is -0.334 e. The van der Waals surface area contributed by atoms with Crippen LogP contribution in [0, 0.1) is 13.8 Å². The summed E-state index contributed by atoms with van der Waals surface area (Å²) in [7, 11) is 1.85. The average Bonchev–Trinajstić information content (AvgIpc) is 3.22. The van der Waals surface area contributed by atoms with Gasteiger partial charge in [-0.15, -0.1) is 5.10 Å². The van der Waals surface area contributed by atoms with Crippen LogP contribution in [0.1, 0.15) is 33.5 Å². The van der Waals surface area contributed by atoms with Gasteiger partial charge in [0.05, 0.1) is 35.9 Å². The minimum absolute atomic E-state index is 0.0282. The van der Waals surface area contributed by atoms with Crippen molar-refractivity contribution in [1.82, 2.24) is 44.7 Å². The molecule has 130 valence electrons. The van der Waals surface area contributed by atoms with Gasteiger partial charge in [-0.05, 0) is 13.8 Å². The molecule has 10 nitrogen and oxygen atoms in total. The van der Waals surface area contributed by atoms with Crippen molar-refractivity contribution in [3.8, 4) is 0 Å². The normalized spacial score (nSPS) is 14.8. The van der Waals surface area contributed by atoms with Crippen LogP contribution in [0.5, 0.6) is 0 Å². The maximum absolute atomic E-state index is 12.7. The molecule has 4 rings (SSSR count). The fourth-order valence-electron chi connectivity index (χ4n) is 3.06. The molecule has 0 spiro atoms. The van der Waals surface area contributed by atoms with E-state index in [1.807, 2.05) is 36.7 Å². The van der Waals surface area contributed by atoms with Crippen LogP contribution in [0.4, 0.5) is 0 Å². The summed E-state index contributed by atoms with van der Waals surface area (Å²) in [5, 5.41) is 20.7. The monoisotopic (exact) mass is 341 g/mol. The van der Waals surface area contributed by atoms with E-state index in [0.717, 1.165) is 17.1 Å². The number of amides is 1. The van der Waals surface area contributed by atoms with E-state index in [2.05, 4.69) is 25.6 Å². The van der Waals surface area contributed by atoms with Gasteiger partial charge in [0.15, 0.2) is 0 Å². The topological polar surface area (TPSA) is 99.6 Å². The Bertz CT molecular complexity index is 902. The molecular weight excluding hydrogens is 322 g/mol. The number of hydrogen-bond donors (Lipinski definition) is 0. The van der Waals surface area contributed by atoms with Crippen LogP contribution < -0.4 is 0 Å². The highest BCUT2D eigenvalue weighted by Crippen LogP contribution is 2.24. The summed E-state index contributed by atoms with van der Waals surface area (Å²) in [5.41, 5.74) is 3.15. The number of aromatic nitrogens is 8. The van der Waals surface area contributed by atoms with Crippen molar-refractivity contribution in [1.29, 1.82) is 0 Å². The zero-order chi connectivity index (χ0) is 17.6. The summed E-state index contributed by atoms with van der Waals surface area (Å²) < 4.78 is 3.55. The molecule has 0 bridgehead atoms. The van der Waals surface area contributed by atoms with Crippen LogP contribution in [0.25, 0.3) is 0 Å². The number of hydrogen-bond acceptors (Lipinski definition) is 6. The van der Waals surface area contributed by atoms with E-state index in [1.54, 1.807) is 21.9 Å². The fraction of sp³-hybridized carbons (Fsp3) is 0.467. The lowest BCUT2D eigenvalue weighted by Crippen LogP contribution is -2.51. The third-order valence-corrected chi connectivity index (χ3v) is 4.57. The van der Waals surface area contributed by atoms with Gasteiger partial charge in [0, 0.05) is 25.8 Å². The second-order valence-corrected chi connectivity index (χ2v) is 6.28. The fourth-order valence-corrected chi connectivity index (χ4v) is 3.06. The van der Waals surface area contributed by atoms with Crippen molar-refractivity contribution in [2.45, 2.75) is 26.4 Å². The average molecular weight is 341 g/mol. The van der Waals surface area contributed by atoms with Gasteiger partial charge in [-0.3, -0.25) is 9.48 Å². The molecule has 3 aromatic rings. The quantitative estimate of drug-likeness (QED) is 0.660. The van der Waals surface area contributed by atoms with Crippen molar-refractivity contribution in [2.24, 2.45) is 7.05 Å². The van der Waals surface area contributed by atoms with Gasteiger partial charge in [0.2, 0.25) is 0 Å². The largest absolute Gasteiger partial charge is 0.334 e. The van der Waals surface area contributed by atoms with Crippen LogP contribution in [-0.2, 0) is 13.6 Å². The molecule has 0 N–H and O–H groups in total. The van der Waals surface area contributed by atoms with Gasteiger partial charge in [-0.2, -0.15) is 20.1 Å². The molecule has 1 saturated heterocycles. The molecule has 4 heterocycles. The zero-order valence-corrected chi connectivity index (χ0v) is 14.4. The van der Waals surface area contributed by atoms with Gasteiger partial charge in [0.1, 0.15) is 12.2 Å². The molecule has 3 aromatic heterocycles. The van der Waals surface area contributed by atoms with Crippen LogP contribution in [0.3, 0.4) is 0 Å². The summed E-state index contributed by atoms with van der Waals surface area (Å²) >= 11 is 0. The first-order valence-electron chi connectivity index (χ1n) is 8.07. The van der Waals surface area contributed by atoms with Crippen LogP contribution >= 0.6 is 0 Å². The van der Waals surface area contributed by atoms with Crippen molar-refractivity contribution in [3.05, 3.63) is 41.2 Å². The predicted molar refractivity (Wildman–Crippen MR) is 86.8 cm³/mol. The van der Waals surface area contributed by atoms with E-state index in [4.69, 9.17) is 0 Å². The van der Waals surface area contributed by atoms with Gasteiger partial charge in [-0.1, -0.05) is 5.21 Å². The number of likely N-dealkylation sites (tertiary alicyclic amines) is 1. The Kier molecular flexibility index (Phi) is 3.59. The smallest absolute Gasteiger partial charge is 0.257 e. The second-order valence-electron chi connectivity index (χ2n) is 6.28. The Morgan fingerprint density at radius 3 is 2.60 bits per heavy atom. The number of rotatable bonds is 4. The molecule has 0 unspecified atom stereocenters. The molecule has 25 heavy (non-hydrogen) atoms. The molecule has 1 aliphatic heterocycles. The van der Waals surface area contributed by atoms with Crippen molar-refractivity contribution >= 4 is 5.91 Å². The van der Waals surface area contributed by atoms with Gasteiger partial charge >= 0.3 is 0 Å². The lowest BCUT2D eigenvalue weighted by atomic mass is 10.1. The van der Waals surface area contributed by atoms with Crippen molar-refractivity contribution in [3.63, 3.8) is 0 Å². The molecule has 0 aliphatic carbocycles. The summed E-state index contributed by atoms with van der Waals surface area (Å²) in [5.74, 6) is 0.0282. The number of nitrogens with zero attached hydrogens (tertiary/aromatic N) is 9. The third-order valence-electron chi connectivity index (χ3n) is 4.57. The summed E-state index contributed by atoms with van der Waals surface area (Å²) in [4.78, 5) is 16.1. The van der Waals surface area contributed by atoms with Crippen LogP contribution in [-0.4, -0.2) is 63.7 Å². The molecule has 1 fully saturated rings. The number of aryl methyl sites for hydroxylation is 2. The van der Waals surface area contributed by atoms with E-state index >= 15 is 0 Å². The molecule has 0 saturated carbocycles. The Hall–Kier alpha value is -3.04. The SMILES string of the molecule is Cc1nn(C)c(C)c1C(=O)N1CC(n2cc(Cn3nccn3)nn2)C1. The molecule has 0 radical (unpaired) electrons. The van der Waals surface area contributed by atoms with Crippen molar-refractivity contribution in [2.75, 3.05) is 13.1 Å². The summed E-state index contributed by atoms with van der Waals surface area (Å²) in [6.07, 6.45) is 5.14. The van der Waals surface area contributed by atoms with E-state index in [0.29, 0.717) is 25.2 Å². The molecule has 0 aromatic carbocycles. The first-order chi connectivity index (χ1) is 12.0. The molecule has 10 heteroatoms. The Morgan fingerprint density at radius 1 is 1.24 bits per heavy atom. The lowest BCUT2D eigenvalue weighted by molar-refractivity contribution is 0.0497. The van der Waals surface area contributed by atoms with Crippen LogP contribution in [0.15, 0.2) is 18.6 Å². The molecule has 1 aliphatic rings. The maximum Gasteiger partial charge on any atom is 0.257 e. The van der Waals surface area contributed by atoms with Crippen molar-refractivity contribution < 1.29 is 4.79 Å². The second kappa shape index (κ2) is 5.80. The van der Waals surface area contributed by atoms with E-state index in [9.17, 15) is 4.79 Å². The van der Waals surface area contributed by atoms with Gasteiger partial charge in [0.25, 0.3) is 5.91 Å². The Balaban J connectivity index is 1.40. The third kappa shape index (κ3) is 2.69. The van der Waals surface area contributed by atoms with Gasteiger partial charge in [-0.25, -0.2) is 4.68 Å². The zero-order valence-electron chi connectivity index (χ0n) is 14.4. The number of carbonyl (C=O) groups excluding carboxylic acids is 1. The molecule has 1 amide bonds.